The normalized spacial score (nSPS) is 15.6. The third-order valence-electron chi connectivity index (χ3n) is 4.19. The van der Waals surface area contributed by atoms with Gasteiger partial charge in [-0.2, -0.15) is 0 Å². The number of hydrogen-bond donors (Lipinski definition) is 2. The Morgan fingerprint density at radius 2 is 2.04 bits per heavy atom. The van der Waals surface area contributed by atoms with Crippen LogP contribution in [0.25, 0.3) is 0 Å². The molecule has 2 N–H and O–H groups in total. The zero-order chi connectivity index (χ0) is 16.1. The molecule has 2 aromatic rings. The summed E-state index contributed by atoms with van der Waals surface area (Å²) in [5, 5.41) is 6.54. The van der Waals surface area contributed by atoms with Crippen molar-refractivity contribution in [1.82, 2.24) is 5.16 Å². The molecule has 0 unspecified atom stereocenters. The molecule has 1 fully saturated rings. The second kappa shape index (κ2) is 7.28. The topological polar surface area (TPSA) is 62.8 Å². The molecule has 0 atom stereocenters. The highest BCUT2D eigenvalue weighted by atomic mass is 16.5. The van der Waals surface area contributed by atoms with Crippen molar-refractivity contribution < 1.29 is 14.2 Å². The van der Waals surface area contributed by atoms with E-state index in [0.29, 0.717) is 18.0 Å². The van der Waals surface area contributed by atoms with E-state index < -0.39 is 0 Å². The van der Waals surface area contributed by atoms with Crippen LogP contribution in [0.1, 0.15) is 12.2 Å². The molecule has 1 saturated heterocycles. The summed E-state index contributed by atoms with van der Waals surface area (Å²) in [6.07, 6.45) is 0.507. The van der Waals surface area contributed by atoms with Crippen molar-refractivity contribution in [2.45, 2.75) is 13.3 Å². The number of rotatable bonds is 5. The summed E-state index contributed by atoms with van der Waals surface area (Å²) in [6, 6.07) is 12.2. The Hall–Kier alpha value is -2.34. The first kappa shape index (κ1) is 15.6. The summed E-state index contributed by atoms with van der Waals surface area (Å²) < 4.78 is 4.94. The van der Waals surface area contributed by atoms with Crippen LogP contribution in [0, 0.1) is 6.92 Å². The Morgan fingerprint density at radius 1 is 1.30 bits per heavy atom. The molecule has 2 heterocycles. The average molecular weight is 315 g/mol. The number of carbonyl (C=O) groups excluding carboxylic acids is 1. The number of piperazine rings is 1. The molecule has 23 heavy (non-hydrogen) atoms. The van der Waals surface area contributed by atoms with Crippen molar-refractivity contribution in [3.63, 3.8) is 0 Å². The maximum Gasteiger partial charge on any atom is 0.231 e. The molecular weight excluding hydrogens is 292 g/mol. The largest absolute Gasteiger partial charge is 0.360 e. The number of nitrogens with one attached hydrogen (secondary N) is 2. The van der Waals surface area contributed by atoms with Gasteiger partial charge in [0.2, 0.25) is 5.91 Å². The minimum Gasteiger partial charge on any atom is -0.360 e. The van der Waals surface area contributed by atoms with Gasteiger partial charge >= 0.3 is 0 Å². The summed E-state index contributed by atoms with van der Waals surface area (Å²) in [4.78, 5) is 15.8. The highest BCUT2D eigenvalue weighted by Crippen LogP contribution is 2.12. The van der Waals surface area contributed by atoms with E-state index in [1.54, 1.807) is 13.0 Å². The molecule has 1 aromatic carbocycles. The second-order valence-electron chi connectivity index (χ2n) is 5.94. The van der Waals surface area contributed by atoms with E-state index in [4.69, 9.17) is 4.52 Å². The van der Waals surface area contributed by atoms with Gasteiger partial charge in [-0.05, 0) is 19.1 Å². The summed E-state index contributed by atoms with van der Waals surface area (Å²) in [5.41, 5.74) is 1.28. The van der Waals surface area contributed by atoms with Gasteiger partial charge in [0, 0.05) is 11.8 Å². The molecule has 3 rings (SSSR count). The van der Waals surface area contributed by atoms with Crippen LogP contribution in [-0.2, 0) is 4.79 Å². The lowest BCUT2D eigenvalue weighted by Crippen LogP contribution is -3.15. The molecule has 1 aromatic heterocycles. The molecule has 1 amide bonds. The molecule has 6 nitrogen and oxygen atoms in total. The van der Waals surface area contributed by atoms with Crippen LogP contribution in [0.15, 0.2) is 40.9 Å². The quantitative estimate of drug-likeness (QED) is 0.853. The monoisotopic (exact) mass is 315 g/mol. The van der Waals surface area contributed by atoms with Crippen LogP contribution in [0.5, 0.6) is 0 Å². The second-order valence-corrected chi connectivity index (χ2v) is 5.94. The number of hydrogen-bond acceptors (Lipinski definition) is 4. The van der Waals surface area contributed by atoms with Crippen LogP contribution in [0.4, 0.5) is 11.5 Å². The van der Waals surface area contributed by atoms with E-state index in [-0.39, 0.29) is 5.91 Å². The van der Waals surface area contributed by atoms with E-state index in [9.17, 15) is 4.79 Å². The maximum atomic E-state index is 11.9. The van der Waals surface area contributed by atoms with Gasteiger partial charge in [-0.25, -0.2) is 0 Å². The molecule has 1 aliphatic rings. The number of aromatic nitrogens is 1. The van der Waals surface area contributed by atoms with Gasteiger partial charge in [-0.3, -0.25) is 4.79 Å². The van der Waals surface area contributed by atoms with Crippen LogP contribution in [-0.4, -0.2) is 43.8 Å². The number of aryl methyl sites for hydroxylation is 1. The van der Waals surface area contributed by atoms with Crippen molar-refractivity contribution in [1.29, 1.82) is 0 Å². The number of amides is 1. The zero-order valence-corrected chi connectivity index (χ0v) is 13.4. The third kappa shape index (κ3) is 4.32. The first-order valence-electron chi connectivity index (χ1n) is 8.07. The first-order valence-corrected chi connectivity index (χ1v) is 8.07. The number of anilines is 2. The Balaban J connectivity index is 1.40. The smallest absolute Gasteiger partial charge is 0.231 e. The van der Waals surface area contributed by atoms with E-state index in [2.05, 4.69) is 39.6 Å². The predicted octanol–water partition coefficient (Wildman–Crippen LogP) is 0.717. The SMILES string of the molecule is Cc1cc(NC(=O)CC[NH+]2CCN(c3ccccc3)CC2)no1. The van der Waals surface area contributed by atoms with Gasteiger partial charge < -0.3 is 19.6 Å². The minimum absolute atomic E-state index is 0.00344. The first-order chi connectivity index (χ1) is 11.2. The molecule has 0 spiro atoms. The van der Waals surface area contributed by atoms with Crippen LogP contribution >= 0.6 is 0 Å². The molecule has 122 valence electrons. The van der Waals surface area contributed by atoms with Crippen LogP contribution in [0.2, 0.25) is 0 Å². The van der Waals surface area contributed by atoms with Crippen molar-refractivity contribution in [3.05, 3.63) is 42.2 Å². The summed E-state index contributed by atoms with van der Waals surface area (Å²) >= 11 is 0. The molecule has 0 bridgehead atoms. The van der Waals surface area contributed by atoms with Crippen LogP contribution < -0.4 is 15.1 Å². The van der Waals surface area contributed by atoms with Crippen molar-refractivity contribution >= 4 is 17.4 Å². The molecule has 0 saturated carbocycles. The average Bonchev–Trinajstić information content (AvgIpc) is 2.99. The minimum atomic E-state index is -0.00344. The van der Waals surface area contributed by atoms with Crippen molar-refractivity contribution in [3.8, 4) is 0 Å². The van der Waals surface area contributed by atoms with E-state index in [0.717, 1.165) is 32.7 Å². The highest BCUT2D eigenvalue weighted by Gasteiger charge is 2.20. The maximum absolute atomic E-state index is 11.9. The molecule has 1 aliphatic heterocycles. The lowest BCUT2D eigenvalue weighted by atomic mass is 10.2. The number of para-hydroxylation sites is 1. The fourth-order valence-corrected chi connectivity index (χ4v) is 2.89. The van der Waals surface area contributed by atoms with Gasteiger partial charge in [0.25, 0.3) is 0 Å². The summed E-state index contributed by atoms with van der Waals surface area (Å²) in [7, 11) is 0. The summed E-state index contributed by atoms with van der Waals surface area (Å²) in [5.74, 6) is 1.19. The standard InChI is InChI=1S/C17H22N4O2/c1-14-13-16(19-23-14)18-17(22)7-8-20-9-11-21(12-10-20)15-5-3-2-4-6-15/h2-6,13H,7-12H2,1H3,(H,18,19,22)/p+1. The summed E-state index contributed by atoms with van der Waals surface area (Å²) in [6.45, 7) is 6.84. The molecular formula is C17H23N4O2+. The predicted molar refractivity (Wildman–Crippen MR) is 88.7 cm³/mol. The van der Waals surface area contributed by atoms with Crippen LogP contribution in [0.3, 0.4) is 0 Å². The van der Waals surface area contributed by atoms with E-state index in [1.807, 2.05) is 6.07 Å². The van der Waals surface area contributed by atoms with Gasteiger partial charge in [-0.15, -0.1) is 0 Å². The van der Waals surface area contributed by atoms with E-state index >= 15 is 0 Å². The fourth-order valence-electron chi connectivity index (χ4n) is 2.89. The Morgan fingerprint density at radius 3 is 2.70 bits per heavy atom. The molecule has 0 aliphatic carbocycles. The Kier molecular flexibility index (Phi) is 4.92. The number of carbonyl (C=O) groups is 1. The number of quaternary nitrogens is 1. The third-order valence-corrected chi connectivity index (χ3v) is 4.19. The van der Waals surface area contributed by atoms with Gasteiger partial charge in [0.15, 0.2) is 5.82 Å². The zero-order valence-electron chi connectivity index (χ0n) is 13.4. The van der Waals surface area contributed by atoms with Crippen molar-refractivity contribution in [2.24, 2.45) is 0 Å². The fraction of sp³-hybridized carbons (Fsp3) is 0.412. The molecule has 6 heteroatoms. The van der Waals surface area contributed by atoms with Crippen molar-refractivity contribution in [2.75, 3.05) is 42.9 Å². The van der Waals surface area contributed by atoms with Gasteiger partial charge in [0.1, 0.15) is 5.76 Å². The lowest BCUT2D eigenvalue weighted by molar-refractivity contribution is -0.900. The number of nitrogens with zero attached hydrogens (tertiary/aromatic N) is 2. The Bertz CT molecular complexity index is 633. The Labute approximate surface area is 136 Å². The van der Waals surface area contributed by atoms with E-state index in [1.165, 1.54) is 10.6 Å². The molecule has 0 radical (unpaired) electrons. The van der Waals surface area contributed by atoms with Gasteiger partial charge in [0.05, 0.1) is 39.1 Å². The van der Waals surface area contributed by atoms with Gasteiger partial charge in [-0.1, -0.05) is 23.4 Å². The number of benzene rings is 1. The highest BCUT2D eigenvalue weighted by molar-refractivity contribution is 5.89. The lowest BCUT2D eigenvalue weighted by Gasteiger charge is -2.33.